The number of carbonyl (C=O) groups excluding carboxylic acids is 2. The van der Waals surface area contributed by atoms with Crippen LogP contribution in [0.1, 0.15) is 64.4 Å². The third-order valence-corrected chi connectivity index (χ3v) is 8.44. The molecule has 0 bridgehead atoms. The summed E-state index contributed by atoms with van der Waals surface area (Å²) >= 11 is 0. The first-order valence-electron chi connectivity index (χ1n) is 14.9. The van der Waals surface area contributed by atoms with Crippen LogP contribution < -0.4 is 0 Å². The highest BCUT2D eigenvalue weighted by Crippen LogP contribution is 2.43. The van der Waals surface area contributed by atoms with Gasteiger partial charge in [0.05, 0.1) is 12.0 Å². The van der Waals surface area contributed by atoms with Crippen LogP contribution >= 0.6 is 0 Å². The Bertz CT molecular complexity index is 972. The number of amides is 2. The van der Waals surface area contributed by atoms with Gasteiger partial charge < -0.3 is 34.2 Å². The molecular formula is C31H49FN2O7. The van der Waals surface area contributed by atoms with Crippen LogP contribution in [0.2, 0.25) is 0 Å². The number of aliphatic hydroxyl groups is 2. The van der Waals surface area contributed by atoms with E-state index in [9.17, 15) is 24.2 Å². The van der Waals surface area contributed by atoms with Gasteiger partial charge in [0.25, 0.3) is 0 Å². The van der Waals surface area contributed by atoms with E-state index in [2.05, 4.69) is 13.8 Å². The van der Waals surface area contributed by atoms with Crippen LogP contribution in [-0.4, -0.2) is 110 Å². The number of methoxy groups -OCH3 is 2. The van der Waals surface area contributed by atoms with Crippen LogP contribution in [0.15, 0.2) is 24.3 Å². The van der Waals surface area contributed by atoms with Crippen molar-refractivity contribution in [2.45, 2.75) is 88.6 Å². The quantitative estimate of drug-likeness (QED) is 0.511. The lowest BCUT2D eigenvalue weighted by Gasteiger charge is -2.42. The zero-order valence-electron chi connectivity index (χ0n) is 25.1. The molecule has 41 heavy (non-hydrogen) atoms. The summed E-state index contributed by atoms with van der Waals surface area (Å²) in [6.07, 6.45) is 1.66. The molecule has 2 amide bonds. The van der Waals surface area contributed by atoms with Crippen LogP contribution in [0, 0.1) is 11.7 Å². The van der Waals surface area contributed by atoms with Crippen molar-refractivity contribution >= 4 is 11.8 Å². The van der Waals surface area contributed by atoms with Crippen molar-refractivity contribution in [1.82, 2.24) is 9.80 Å². The lowest BCUT2D eigenvalue weighted by molar-refractivity contribution is -0.148. The van der Waals surface area contributed by atoms with Gasteiger partial charge in [-0.2, -0.15) is 0 Å². The zero-order chi connectivity index (χ0) is 30.0. The zero-order valence-corrected chi connectivity index (χ0v) is 25.1. The largest absolute Gasteiger partial charge is 0.388 e. The first-order valence-corrected chi connectivity index (χ1v) is 14.9. The summed E-state index contributed by atoms with van der Waals surface area (Å²) in [4.78, 5) is 31.5. The van der Waals surface area contributed by atoms with Gasteiger partial charge in [0.2, 0.25) is 11.8 Å². The molecule has 0 spiro atoms. The molecule has 232 valence electrons. The number of hydrogen-bond donors (Lipinski definition) is 2. The maximum atomic E-state index is 14.7. The van der Waals surface area contributed by atoms with E-state index in [1.165, 1.54) is 26.4 Å². The number of ether oxygens (including phenoxy) is 3. The molecule has 4 atom stereocenters. The van der Waals surface area contributed by atoms with E-state index >= 15 is 0 Å². The van der Waals surface area contributed by atoms with Gasteiger partial charge in [-0.3, -0.25) is 9.59 Å². The predicted octanol–water partition coefficient (Wildman–Crippen LogP) is 2.90. The Labute approximate surface area is 243 Å². The Morgan fingerprint density at radius 3 is 2.49 bits per heavy atom. The van der Waals surface area contributed by atoms with Crippen molar-refractivity contribution in [2.24, 2.45) is 5.92 Å². The Morgan fingerprint density at radius 1 is 1.12 bits per heavy atom. The minimum absolute atomic E-state index is 0.00256. The van der Waals surface area contributed by atoms with Crippen molar-refractivity contribution in [2.75, 3.05) is 53.7 Å². The molecule has 1 heterocycles. The topological polar surface area (TPSA) is 109 Å². The van der Waals surface area contributed by atoms with Crippen molar-refractivity contribution in [3.05, 3.63) is 35.6 Å². The minimum Gasteiger partial charge on any atom is -0.388 e. The summed E-state index contributed by atoms with van der Waals surface area (Å²) in [6.45, 7) is 4.96. The lowest BCUT2D eigenvalue weighted by atomic mass is 9.77. The maximum Gasteiger partial charge on any atom is 0.248 e. The molecule has 1 aliphatic heterocycles. The smallest absolute Gasteiger partial charge is 0.248 e. The number of carbonyl (C=O) groups is 2. The Balaban J connectivity index is 2.05. The van der Waals surface area contributed by atoms with Gasteiger partial charge >= 0.3 is 0 Å². The van der Waals surface area contributed by atoms with Crippen molar-refractivity contribution < 1.29 is 38.4 Å². The van der Waals surface area contributed by atoms with Gasteiger partial charge in [0, 0.05) is 46.5 Å². The third-order valence-electron chi connectivity index (χ3n) is 8.44. The van der Waals surface area contributed by atoms with E-state index in [-0.39, 0.29) is 55.9 Å². The Hall–Kier alpha value is -2.11. The van der Waals surface area contributed by atoms with Crippen molar-refractivity contribution in [1.29, 1.82) is 0 Å². The van der Waals surface area contributed by atoms with E-state index in [1.54, 1.807) is 11.0 Å². The normalized spacial score (nSPS) is 26.6. The van der Waals surface area contributed by atoms with Gasteiger partial charge in [-0.15, -0.1) is 0 Å². The fraction of sp³-hybridized carbons (Fsp3) is 0.742. The molecule has 1 aromatic rings. The number of nitrogens with zero attached hydrogens (tertiary/aromatic N) is 2. The molecule has 10 heteroatoms. The second kappa shape index (κ2) is 15.9. The summed E-state index contributed by atoms with van der Waals surface area (Å²) < 4.78 is 30.8. The van der Waals surface area contributed by atoms with E-state index in [1.807, 2.05) is 11.0 Å². The van der Waals surface area contributed by atoms with Gasteiger partial charge in [0.1, 0.15) is 30.7 Å². The summed E-state index contributed by atoms with van der Waals surface area (Å²) in [5.41, 5.74) is -0.120. The first kappa shape index (κ1) is 33.4. The minimum atomic E-state index is -1.28. The SMILES string of the molecule is COCC(=O)N1C[C@H](CC(C)C)N(C(=O)C2(c3cccc(F)c3)CCCC2)CCCCOC[C@@H](O)[C@@H](O)[C@H](OC)C1. The molecule has 3 rings (SSSR count). The molecule has 0 radical (unpaired) electrons. The summed E-state index contributed by atoms with van der Waals surface area (Å²) in [5, 5.41) is 21.4. The summed E-state index contributed by atoms with van der Waals surface area (Å²) in [7, 11) is 2.87. The number of hydrogen-bond acceptors (Lipinski definition) is 7. The van der Waals surface area contributed by atoms with Crippen LogP contribution in [-0.2, 0) is 29.2 Å². The molecule has 0 aromatic heterocycles. The average molecular weight is 581 g/mol. The highest BCUT2D eigenvalue weighted by Gasteiger charge is 2.47. The second-order valence-electron chi connectivity index (χ2n) is 11.9. The van der Waals surface area contributed by atoms with Crippen LogP contribution in [0.4, 0.5) is 4.39 Å². The van der Waals surface area contributed by atoms with Gasteiger partial charge in [-0.1, -0.05) is 38.8 Å². The third kappa shape index (κ3) is 8.70. The molecule has 1 saturated heterocycles. The fourth-order valence-corrected chi connectivity index (χ4v) is 6.28. The number of halogens is 1. The predicted molar refractivity (Wildman–Crippen MR) is 153 cm³/mol. The molecule has 1 saturated carbocycles. The second-order valence-corrected chi connectivity index (χ2v) is 11.9. The molecule has 2 aliphatic rings. The summed E-state index contributed by atoms with van der Waals surface area (Å²) in [5.74, 6) is -0.476. The van der Waals surface area contributed by atoms with Crippen LogP contribution in [0.5, 0.6) is 0 Å². The Kier molecular flexibility index (Phi) is 13.0. The standard InChI is InChI=1S/C31H49FN2O7/c1-22(2)16-25-18-33(28(36)21-39-3)19-27(40-4)29(37)26(35)20-41-15-8-7-14-34(25)30(38)31(12-5-6-13-31)23-10-9-11-24(32)17-23/h9-11,17,22,25-27,29,35,37H,5-8,12-16,18-21H2,1-4H3/t25-,26+,27+,29+/m0/s1. The molecular weight excluding hydrogens is 531 g/mol. The molecule has 9 nitrogen and oxygen atoms in total. The lowest BCUT2D eigenvalue weighted by Crippen LogP contribution is -2.57. The highest BCUT2D eigenvalue weighted by atomic mass is 19.1. The van der Waals surface area contributed by atoms with E-state index < -0.39 is 23.7 Å². The average Bonchev–Trinajstić information content (AvgIpc) is 3.44. The van der Waals surface area contributed by atoms with Gasteiger partial charge in [0.15, 0.2) is 0 Å². The maximum absolute atomic E-state index is 14.7. The molecule has 2 N–H and O–H groups in total. The molecule has 1 aromatic carbocycles. The van der Waals surface area contributed by atoms with Gasteiger partial charge in [-0.25, -0.2) is 4.39 Å². The van der Waals surface area contributed by atoms with Crippen LogP contribution in [0.3, 0.4) is 0 Å². The monoisotopic (exact) mass is 580 g/mol. The highest BCUT2D eigenvalue weighted by molar-refractivity contribution is 5.89. The summed E-state index contributed by atoms with van der Waals surface area (Å²) in [6, 6.07) is 6.07. The van der Waals surface area contributed by atoms with Crippen molar-refractivity contribution in [3.8, 4) is 0 Å². The van der Waals surface area contributed by atoms with E-state index in [0.29, 0.717) is 50.8 Å². The number of rotatable bonds is 7. The van der Waals surface area contributed by atoms with Crippen molar-refractivity contribution in [3.63, 3.8) is 0 Å². The fourth-order valence-electron chi connectivity index (χ4n) is 6.28. The molecule has 0 unspecified atom stereocenters. The molecule has 1 aliphatic carbocycles. The van der Waals surface area contributed by atoms with Gasteiger partial charge in [-0.05, 0) is 55.7 Å². The number of aliphatic hydroxyl groups excluding tert-OH is 2. The van der Waals surface area contributed by atoms with E-state index in [0.717, 1.165) is 12.8 Å². The first-order chi connectivity index (χ1) is 19.6. The van der Waals surface area contributed by atoms with E-state index in [4.69, 9.17) is 14.2 Å². The van der Waals surface area contributed by atoms with Crippen LogP contribution in [0.25, 0.3) is 0 Å². The molecule has 2 fully saturated rings. The number of benzene rings is 1. The Morgan fingerprint density at radius 2 is 1.85 bits per heavy atom.